The Balaban J connectivity index is 2.44. The molecule has 0 bridgehead atoms. The summed E-state index contributed by atoms with van der Waals surface area (Å²) in [6.07, 6.45) is 3.88. The van der Waals surface area contributed by atoms with Crippen LogP contribution in [0.1, 0.15) is 18.9 Å². The molecule has 1 aromatic rings. The molecule has 0 spiro atoms. The molecule has 0 unspecified atom stereocenters. The Hall–Kier alpha value is -1.75. The second kappa shape index (κ2) is 7.55. The van der Waals surface area contributed by atoms with Crippen molar-refractivity contribution in [2.75, 3.05) is 6.54 Å². The number of hydrogen-bond donors (Lipinski definition) is 2. The molecular weight excluding hydrogens is 251 g/mol. The van der Waals surface area contributed by atoms with E-state index in [9.17, 15) is 9.18 Å². The minimum atomic E-state index is -0.312. The molecule has 2 N–H and O–H groups in total. The van der Waals surface area contributed by atoms with Crippen LogP contribution in [0.2, 0.25) is 0 Å². The van der Waals surface area contributed by atoms with Crippen molar-refractivity contribution in [2.45, 2.75) is 13.3 Å². The summed E-state index contributed by atoms with van der Waals surface area (Å²) in [7, 11) is 0. The number of hydrogen-bond acceptors (Lipinski definition) is 2. The largest absolute Gasteiger partial charge is 0.362 e. The molecule has 18 heavy (non-hydrogen) atoms. The van der Waals surface area contributed by atoms with Crippen LogP contribution >= 0.6 is 12.2 Å². The van der Waals surface area contributed by atoms with Crippen LogP contribution in [0.5, 0.6) is 0 Å². The molecule has 0 aromatic heterocycles. The van der Waals surface area contributed by atoms with Crippen molar-refractivity contribution in [1.29, 1.82) is 0 Å². The molecule has 1 rings (SSSR count). The maximum atomic E-state index is 12.6. The number of carbonyl (C=O) groups excluding carboxylic acids is 1. The van der Waals surface area contributed by atoms with Gasteiger partial charge in [0, 0.05) is 12.6 Å². The van der Waals surface area contributed by atoms with Gasteiger partial charge >= 0.3 is 0 Å². The van der Waals surface area contributed by atoms with Crippen LogP contribution in [-0.2, 0) is 4.79 Å². The van der Waals surface area contributed by atoms with E-state index in [0.717, 1.165) is 18.5 Å². The molecule has 96 valence electrons. The number of rotatable bonds is 4. The zero-order valence-corrected chi connectivity index (χ0v) is 10.9. The van der Waals surface area contributed by atoms with Crippen molar-refractivity contribution in [3.05, 3.63) is 41.7 Å². The van der Waals surface area contributed by atoms with Gasteiger partial charge in [0.05, 0.1) is 0 Å². The lowest BCUT2D eigenvalue weighted by molar-refractivity contribution is -0.115. The first-order chi connectivity index (χ1) is 8.61. The summed E-state index contributed by atoms with van der Waals surface area (Å²) in [5.41, 5.74) is 0.749. The van der Waals surface area contributed by atoms with Crippen molar-refractivity contribution in [2.24, 2.45) is 0 Å². The van der Waals surface area contributed by atoms with Crippen molar-refractivity contribution in [3.63, 3.8) is 0 Å². The fourth-order valence-corrected chi connectivity index (χ4v) is 1.38. The molecule has 0 heterocycles. The molecule has 1 aromatic carbocycles. The molecule has 0 atom stereocenters. The first-order valence-corrected chi connectivity index (χ1v) is 6.05. The minimum absolute atomic E-state index is 0.304. The lowest BCUT2D eigenvalue weighted by atomic mass is 10.2. The third-order valence-electron chi connectivity index (χ3n) is 2.07. The van der Waals surface area contributed by atoms with Crippen molar-refractivity contribution >= 4 is 29.3 Å². The Morgan fingerprint density at radius 1 is 1.39 bits per heavy atom. The summed E-state index contributed by atoms with van der Waals surface area (Å²) in [5, 5.41) is 5.71. The second-order valence-electron chi connectivity index (χ2n) is 3.63. The molecule has 0 aliphatic heterocycles. The van der Waals surface area contributed by atoms with Crippen LogP contribution in [0.25, 0.3) is 6.08 Å². The topological polar surface area (TPSA) is 41.1 Å². The average molecular weight is 266 g/mol. The van der Waals surface area contributed by atoms with Crippen LogP contribution < -0.4 is 10.6 Å². The van der Waals surface area contributed by atoms with E-state index in [4.69, 9.17) is 12.2 Å². The van der Waals surface area contributed by atoms with E-state index in [2.05, 4.69) is 10.6 Å². The van der Waals surface area contributed by atoms with Crippen LogP contribution in [0, 0.1) is 5.82 Å². The van der Waals surface area contributed by atoms with Gasteiger partial charge in [-0.3, -0.25) is 10.1 Å². The summed E-state index contributed by atoms with van der Waals surface area (Å²) in [4.78, 5) is 11.5. The van der Waals surface area contributed by atoms with Crippen molar-refractivity contribution < 1.29 is 9.18 Å². The highest BCUT2D eigenvalue weighted by Gasteiger charge is 1.99. The quantitative estimate of drug-likeness (QED) is 0.648. The second-order valence-corrected chi connectivity index (χ2v) is 4.04. The fraction of sp³-hybridized carbons (Fsp3) is 0.231. The van der Waals surface area contributed by atoms with Crippen LogP contribution in [0.4, 0.5) is 4.39 Å². The highest BCUT2D eigenvalue weighted by Crippen LogP contribution is 2.04. The van der Waals surface area contributed by atoms with Crippen molar-refractivity contribution in [3.8, 4) is 0 Å². The summed E-state index contributed by atoms with van der Waals surface area (Å²) in [6.45, 7) is 2.73. The predicted molar refractivity (Wildman–Crippen MR) is 74.5 cm³/mol. The van der Waals surface area contributed by atoms with Crippen LogP contribution in [0.3, 0.4) is 0 Å². The minimum Gasteiger partial charge on any atom is -0.362 e. The first-order valence-electron chi connectivity index (χ1n) is 5.64. The summed E-state index contributed by atoms with van der Waals surface area (Å²) in [5.74, 6) is -0.616. The van der Waals surface area contributed by atoms with Gasteiger partial charge < -0.3 is 5.32 Å². The molecule has 5 heteroatoms. The Morgan fingerprint density at radius 3 is 2.67 bits per heavy atom. The smallest absolute Gasteiger partial charge is 0.250 e. The number of amides is 1. The molecule has 0 fully saturated rings. The average Bonchev–Trinajstić information content (AvgIpc) is 2.35. The van der Waals surface area contributed by atoms with E-state index >= 15 is 0 Å². The molecule has 0 aliphatic rings. The van der Waals surface area contributed by atoms with Gasteiger partial charge in [-0.05, 0) is 42.4 Å². The zero-order valence-electron chi connectivity index (χ0n) is 10.1. The molecular formula is C13H15FN2OS. The molecule has 0 radical (unpaired) electrons. The Labute approximate surface area is 111 Å². The van der Waals surface area contributed by atoms with E-state index in [1.54, 1.807) is 18.2 Å². The lowest BCUT2D eigenvalue weighted by Crippen LogP contribution is -2.38. The van der Waals surface area contributed by atoms with Gasteiger partial charge in [0.25, 0.3) is 0 Å². The summed E-state index contributed by atoms with van der Waals surface area (Å²) in [6, 6.07) is 5.86. The Bertz CT molecular complexity index is 443. The fourth-order valence-electron chi connectivity index (χ4n) is 1.18. The van der Waals surface area contributed by atoms with E-state index in [0.29, 0.717) is 5.11 Å². The van der Waals surface area contributed by atoms with Gasteiger partial charge in [-0.25, -0.2) is 4.39 Å². The van der Waals surface area contributed by atoms with E-state index < -0.39 is 0 Å². The van der Waals surface area contributed by atoms with Gasteiger partial charge in [0.1, 0.15) is 5.82 Å². The first kappa shape index (κ1) is 14.3. The number of thiocarbonyl (C=S) groups is 1. The van der Waals surface area contributed by atoms with E-state index in [1.165, 1.54) is 18.2 Å². The summed E-state index contributed by atoms with van der Waals surface area (Å²) < 4.78 is 12.6. The molecule has 0 saturated carbocycles. The summed E-state index contributed by atoms with van der Waals surface area (Å²) >= 11 is 4.92. The standard InChI is InChI=1S/C13H15FN2OS/c1-2-9-15-13(18)16-12(17)8-5-10-3-6-11(14)7-4-10/h3-8H,2,9H2,1H3,(H2,15,16,17,18)/b8-5+. The maximum absolute atomic E-state index is 12.6. The van der Waals surface area contributed by atoms with Crippen LogP contribution in [-0.4, -0.2) is 17.6 Å². The Morgan fingerprint density at radius 2 is 2.06 bits per heavy atom. The number of halogens is 1. The SMILES string of the molecule is CCCNC(=S)NC(=O)/C=C/c1ccc(F)cc1. The highest BCUT2D eigenvalue weighted by molar-refractivity contribution is 7.80. The van der Waals surface area contributed by atoms with E-state index in [-0.39, 0.29) is 11.7 Å². The molecule has 1 amide bonds. The third kappa shape index (κ3) is 5.54. The van der Waals surface area contributed by atoms with Gasteiger partial charge in [-0.1, -0.05) is 19.1 Å². The molecule has 3 nitrogen and oxygen atoms in total. The number of carbonyl (C=O) groups is 1. The molecule has 0 saturated heterocycles. The van der Waals surface area contributed by atoms with Crippen LogP contribution in [0.15, 0.2) is 30.3 Å². The van der Waals surface area contributed by atoms with Gasteiger partial charge in [0.2, 0.25) is 5.91 Å². The number of benzene rings is 1. The highest BCUT2D eigenvalue weighted by atomic mass is 32.1. The van der Waals surface area contributed by atoms with Crippen molar-refractivity contribution in [1.82, 2.24) is 10.6 Å². The predicted octanol–water partition coefficient (Wildman–Crippen LogP) is 2.24. The number of nitrogens with one attached hydrogen (secondary N) is 2. The van der Waals surface area contributed by atoms with E-state index in [1.807, 2.05) is 6.92 Å². The molecule has 0 aliphatic carbocycles. The van der Waals surface area contributed by atoms with Gasteiger partial charge in [-0.2, -0.15) is 0 Å². The van der Waals surface area contributed by atoms with Gasteiger partial charge in [-0.15, -0.1) is 0 Å². The van der Waals surface area contributed by atoms with Gasteiger partial charge in [0.15, 0.2) is 5.11 Å². The third-order valence-corrected chi connectivity index (χ3v) is 2.32. The zero-order chi connectivity index (χ0) is 13.4. The normalized spacial score (nSPS) is 10.3. The Kier molecular flexibility index (Phi) is 6.00. The monoisotopic (exact) mass is 266 g/mol. The lowest BCUT2D eigenvalue weighted by Gasteiger charge is -2.05. The maximum Gasteiger partial charge on any atom is 0.250 e.